The summed E-state index contributed by atoms with van der Waals surface area (Å²) in [5.41, 5.74) is 10.5. The molecule has 1 fully saturated rings. The molecule has 2 N–H and O–H groups in total. The fourth-order valence-electron chi connectivity index (χ4n) is 3.05. The maximum absolute atomic E-state index is 6.04. The Hall–Kier alpha value is -1.02. The van der Waals surface area contributed by atoms with E-state index in [1.54, 1.807) is 5.56 Å². The molecule has 1 aromatic carbocycles. The van der Waals surface area contributed by atoms with Gasteiger partial charge < -0.3 is 10.6 Å². The van der Waals surface area contributed by atoms with Crippen LogP contribution in [0.2, 0.25) is 0 Å². The number of benzene rings is 1. The third kappa shape index (κ3) is 1.36. The van der Waals surface area contributed by atoms with Gasteiger partial charge >= 0.3 is 0 Å². The summed E-state index contributed by atoms with van der Waals surface area (Å²) in [6.45, 7) is 3.36. The molecule has 0 saturated carbocycles. The summed E-state index contributed by atoms with van der Waals surface area (Å²) in [6.07, 6.45) is 3.51. The second-order valence-corrected chi connectivity index (χ2v) is 4.91. The zero-order valence-corrected chi connectivity index (χ0v) is 9.24. The van der Waals surface area contributed by atoms with Gasteiger partial charge in [0.25, 0.3) is 0 Å². The van der Waals surface area contributed by atoms with E-state index in [1.165, 1.54) is 17.7 Å². The SMILES string of the molecule is Cc1cccc2c1CC1CC(N)CCN21. The monoisotopic (exact) mass is 202 g/mol. The summed E-state index contributed by atoms with van der Waals surface area (Å²) in [7, 11) is 0. The molecule has 3 rings (SSSR count). The number of nitrogens with zero attached hydrogens (tertiary/aromatic N) is 1. The van der Waals surface area contributed by atoms with Crippen LogP contribution < -0.4 is 10.6 Å². The topological polar surface area (TPSA) is 29.3 Å². The van der Waals surface area contributed by atoms with E-state index in [-0.39, 0.29) is 0 Å². The lowest BCUT2D eigenvalue weighted by molar-refractivity contribution is 0.425. The van der Waals surface area contributed by atoms with Crippen molar-refractivity contribution in [2.45, 2.75) is 38.3 Å². The number of anilines is 1. The third-order valence-corrected chi connectivity index (χ3v) is 3.89. The Morgan fingerprint density at radius 2 is 2.27 bits per heavy atom. The van der Waals surface area contributed by atoms with E-state index in [9.17, 15) is 0 Å². The van der Waals surface area contributed by atoms with Crippen molar-refractivity contribution in [2.24, 2.45) is 5.73 Å². The highest BCUT2D eigenvalue weighted by Crippen LogP contribution is 2.37. The molecule has 2 nitrogen and oxygen atoms in total. The van der Waals surface area contributed by atoms with Crippen molar-refractivity contribution in [3.05, 3.63) is 29.3 Å². The first-order valence-corrected chi connectivity index (χ1v) is 5.86. The van der Waals surface area contributed by atoms with Crippen molar-refractivity contribution < 1.29 is 0 Å². The number of hydrogen-bond acceptors (Lipinski definition) is 2. The molecule has 0 bridgehead atoms. The molecule has 0 aliphatic carbocycles. The smallest absolute Gasteiger partial charge is 0.0404 e. The number of piperidine rings is 1. The lowest BCUT2D eigenvalue weighted by Crippen LogP contribution is -2.45. The van der Waals surface area contributed by atoms with E-state index in [0.29, 0.717) is 12.1 Å². The third-order valence-electron chi connectivity index (χ3n) is 3.89. The van der Waals surface area contributed by atoms with Crippen molar-refractivity contribution in [3.8, 4) is 0 Å². The summed E-state index contributed by atoms with van der Waals surface area (Å²) in [6, 6.07) is 7.74. The van der Waals surface area contributed by atoms with Gasteiger partial charge in [0.05, 0.1) is 0 Å². The lowest BCUT2D eigenvalue weighted by atomic mass is 9.97. The molecule has 2 aliphatic heterocycles. The van der Waals surface area contributed by atoms with Crippen LogP contribution in [-0.4, -0.2) is 18.6 Å². The molecule has 80 valence electrons. The Morgan fingerprint density at radius 1 is 1.40 bits per heavy atom. The van der Waals surface area contributed by atoms with E-state index in [4.69, 9.17) is 5.73 Å². The Kier molecular flexibility index (Phi) is 1.99. The van der Waals surface area contributed by atoms with Gasteiger partial charge in [-0.1, -0.05) is 12.1 Å². The minimum atomic E-state index is 0.417. The molecule has 2 heterocycles. The van der Waals surface area contributed by atoms with Gasteiger partial charge in [-0.25, -0.2) is 0 Å². The number of hydrogen-bond donors (Lipinski definition) is 1. The fourth-order valence-corrected chi connectivity index (χ4v) is 3.05. The molecule has 2 heteroatoms. The molecule has 2 unspecified atom stereocenters. The minimum absolute atomic E-state index is 0.417. The molecule has 0 amide bonds. The second-order valence-electron chi connectivity index (χ2n) is 4.91. The summed E-state index contributed by atoms with van der Waals surface area (Å²) in [5.74, 6) is 0. The molecule has 0 aromatic heterocycles. The van der Waals surface area contributed by atoms with Crippen LogP contribution in [0, 0.1) is 6.92 Å². The van der Waals surface area contributed by atoms with Crippen LogP contribution in [0.15, 0.2) is 18.2 Å². The first kappa shape index (κ1) is 9.22. The Labute approximate surface area is 91.1 Å². The van der Waals surface area contributed by atoms with Gasteiger partial charge in [0.1, 0.15) is 0 Å². The van der Waals surface area contributed by atoms with Crippen LogP contribution in [0.25, 0.3) is 0 Å². The van der Waals surface area contributed by atoms with Crippen molar-refractivity contribution in [1.29, 1.82) is 0 Å². The average Bonchev–Trinajstić information content (AvgIpc) is 2.57. The van der Waals surface area contributed by atoms with Gasteiger partial charge in [-0.2, -0.15) is 0 Å². The Balaban J connectivity index is 1.99. The molecule has 0 spiro atoms. The molecule has 0 radical (unpaired) electrons. The minimum Gasteiger partial charge on any atom is -0.368 e. The van der Waals surface area contributed by atoms with Crippen molar-refractivity contribution in [2.75, 3.05) is 11.4 Å². The normalized spacial score (nSPS) is 28.8. The summed E-state index contributed by atoms with van der Waals surface area (Å²) in [5, 5.41) is 0. The summed E-state index contributed by atoms with van der Waals surface area (Å²) < 4.78 is 0. The van der Waals surface area contributed by atoms with Crippen molar-refractivity contribution in [3.63, 3.8) is 0 Å². The summed E-state index contributed by atoms with van der Waals surface area (Å²) >= 11 is 0. The van der Waals surface area contributed by atoms with Gasteiger partial charge in [-0.15, -0.1) is 0 Å². The highest BCUT2D eigenvalue weighted by atomic mass is 15.2. The molecular weight excluding hydrogens is 184 g/mol. The van der Waals surface area contributed by atoms with Crippen molar-refractivity contribution in [1.82, 2.24) is 0 Å². The largest absolute Gasteiger partial charge is 0.368 e. The number of nitrogens with two attached hydrogens (primary N) is 1. The zero-order chi connectivity index (χ0) is 10.4. The molecule has 2 atom stereocenters. The van der Waals surface area contributed by atoms with Gasteiger partial charge in [0.2, 0.25) is 0 Å². The van der Waals surface area contributed by atoms with Crippen molar-refractivity contribution >= 4 is 5.69 Å². The van der Waals surface area contributed by atoms with Gasteiger partial charge in [-0.3, -0.25) is 0 Å². The quantitative estimate of drug-likeness (QED) is 0.695. The van der Waals surface area contributed by atoms with Gasteiger partial charge in [-0.05, 0) is 43.4 Å². The Bertz CT molecular complexity index is 386. The molecule has 1 saturated heterocycles. The molecule has 2 aliphatic rings. The van der Waals surface area contributed by atoms with E-state index in [0.717, 1.165) is 19.4 Å². The fraction of sp³-hybridized carbons (Fsp3) is 0.538. The Morgan fingerprint density at radius 3 is 3.13 bits per heavy atom. The number of fused-ring (bicyclic) bond motifs is 3. The van der Waals surface area contributed by atoms with Crippen LogP contribution in [-0.2, 0) is 6.42 Å². The standard InChI is InChI=1S/C13H18N2/c1-9-3-2-4-13-12(9)8-11-7-10(14)5-6-15(11)13/h2-4,10-11H,5-8,14H2,1H3. The summed E-state index contributed by atoms with van der Waals surface area (Å²) in [4.78, 5) is 2.56. The number of aryl methyl sites for hydroxylation is 1. The predicted octanol–water partition coefficient (Wildman–Crippen LogP) is 1.85. The van der Waals surface area contributed by atoms with Crippen LogP contribution in [0.5, 0.6) is 0 Å². The van der Waals surface area contributed by atoms with Crippen LogP contribution >= 0.6 is 0 Å². The highest BCUT2D eigenvalue weighted by Gasteiger charge is 2.34. The highest BCUT2D eigenvalue weighted by molar-refractivity contribution is 5.62. The molecule has 15 heavy (non-hydrogen) atoms. The van der Waals surface area contributed by atoms with Gasteiger partial charge in [0.15, 0.2) is 0 Å². The maximum atomic E-state index is 6.04. The maximum Gasteiger partial charge on any atom is 0.0404 e. The van der Waals surface area contributed by atoms with E-state index < -0.39 is 0 Å². The van der Waals surface area contributed by atoms with Crippen LogP contribution in [0.1, 0.15) is 24.0 Å². The van der Waals surface area contributed by atoms with Crippen LogP contribution in [0.4, 0.5) is 5.69 Å². The van der Waals surface area contributed by atoms with Gasteiger partial charge in [0, 0.05) is 24.3 Å². The van der Waals surface area contributed by atoms with E-state index in [2.05, 4.69) is 30.0 Å². The predicted molar refractivity (Wildman–Crippen MR) is 63.2 cm³/mol. The van der Waals surface area contributed by atoms with Crippen LogP contribution in [0.3, 0.4) is 0 Å². The van der Waals surface area contributed by atoms with E-state index in [1.807, 2.05) is 0 Å². The lowest BCUT2D eigenvalue weighted by Gasteiger charge is -2.35. The molecular formula is C13H18N2. The zero-order valence-electron chi connectivity index (χ0n) is 9.24. The second kappa shape index (κ2) is 3.24. The van der Waals surface area contributed by atoms with E-state index >= 15 is 0 Å². The average molecular weight is 202 g/mol. The first-order chi connectivity index (χ1) is 7.25. The first-order valence-electron chi connectivity index (χ1n) is 5.86. The molecule has 1 aromatic rings. The number of rotatable bonds is 0.